The number of nitro benzene ring substituents is 1. The molecule has 1 aromatic heterocycles. The summed E-state index contributed by atoms with van der Waals surface area (Å²) < 4.78 is 7.17. The first-order valence-corrected chi connectivity index (χ1v) is 7.96. The molecule has 3 aromatic rings. The number of rotatable bonds is 6. The van der Waals surface area contributed by atoms with Gasteiger partial charge in [0.05, 0.1) is 30.4 Å². The quantitative estimate of drug-likeness (QED) is 0.495. The van der Waals surface area contributed by atoms with E-state index in [2.05, 4.69) is 10.00 Å². The van der Waals surface area contributed by atoms with E-state index in [1.54, 1.807) is 30.1 Å². The number of nitro groups is 1. The summed E-state index contributed by atoms with van der Waals surface area (Å²) >= 11 is 6.07. The van der Waals surface area contributed by atoms with Crippen LogP contribution >= 0.6 is 11.6 Å². The average Bonchev–Trinajstić information content (AvgIpc) is 2.97. The van der Waals surface area contributed by atoms with E-state index in [1.165, 1.54) is 12.1 Å². The Morgan fingerprint density at radius 1 is 1.32 bits per heavy atom. The first kappa shape index (κ1) is 17.2. The van der Waals surface area contributed by atoms with Crippen LogP contribution in [-0.2, 0) is 13.2 Å². The fourth-order valence-electron chi connectivity index (χ4n) is 2.74. The molecule has 25 heavy (non-hydrogen) atoms. The number of aromatic nitrogens is 2. The van der Waals surface area contributed by atoms with Crippen molar-refractivity contribution in [1.29, 1.82) is 0 Å². The van der Waals surface area contributed by atoms with Gasteiger partial charge in [-0.25, -0.2) is 0 Å². The maximum absolute atomic E-state index is 10.9. The number of non-ortho nitro benzene ring substituents is 1. The maximum atomic E-state index is 10.9. The fourth-order valence-corrected chi connectivity index (χ4v) is 2.94. The predicted octanol–water partition coefficient (Wildman–Crippen LogP) is 3.70. The van der Waals surface area contributed by atoms with Gasteiger partial charge >= 0.3 is 0 Å². The van der Waals surface area contributed by atoms with Gasteiger partial charge in [-0.3, -0.25) is 19.7 Å². The maximum Gasteiger partial charge on any atom is 0.270 e. The normalized spacial score (nSPS) is 11.2. The van der Waals surface area contributed by atoms with Gasteiger partial charge in [0.2, 0.25) is 0 Å². The van der Waals surface area contributed by atoms with Crippen LogP contribution in [0, 0.1) is 10.1 Å². The van der Waals surface area contributed by atoms with E-state index in [1.807, 2.05) is 19.2 Å². The Morgan fingerprint density at radius 2 is 2.12 bits per heavy atom. The third kappa shape index (κ3) is 3.72. The van der Waals surface area contributed by atoms with E-state index in [0.29, 0.717) is 18.2 Å². The Kier molecular flexibility index (Phi) is 4.87. The Labute approximate surface area is 149 Å². The van der Waals surface area contributed by atoms with Crippen molar-refractivity contribution in [2.75, 3.05) is 14.2 Å². The van der Waals surface area contributed by atoms with Gasteiger partial charge in [0.25, 0.3) is 5.69 Å². The highest BCUT2D eigenvalue weighted by atomic mass is 35.5. The molecular weight excluding hydrogens is 344 g/mol. The van der Waals surface area contributed by atoms with Crippen LogP contribution in [0.5, 0.6) is 5.75 Å². The molecule has 0 aliphatic rings. The molecule has 7 nitrogen and oxygen atoms in total. The molecule has 0 atom stereocenters. The van der Waals surface area contributed by atoms with Crippen LogP contribution in [-0.4, -0.2) is 33.8 Å². The lowest BCUT2D eigenvalue weighted by Gasteiger charge is -2.19. The predicted molar refractivity (Wildman–Crippen MR) is 95.9 cm³/mol. The van der Waals surface area contributed by atoms with Crippen molar-refractivity contribution in [1.82, 2.24) is 14.7 Å². The number of methoxy groups -OCH3 is 1. The van der Waals surface area contributed by atoms with Crippen LogP contribution in [0.4, 0.5) is 5.69 Å². The number of hydrogen-bond donors (Lipinski definition) is 0. The highest BCUT2D eigenvalue weighted by Gasteiger charge is 2.12. The minimum atomic E-state index is -0.408. The molecule has 0 N–H and O–H groups in total. The lowest BCUT2D eigenvalue weighted by molar-refractivity contribution is -0.384. The smallest absolute Gasteiger partial charge is 0.270 e. The van der Waals surface area contributed by atoms with Crippen molar-refractivity contribution in [3.05, 3.63) is 63.3 Å². The van der Waals surface area contributed by atoms with E-state index in [9.17, 15) is 10.1 Å². The second kappa shape index (κ2) is 7.08. The van der Waals surface area contributed by atoms with Crippen LogP contribution in [0.2, 0.25) is 5.02 Å². The van der Waals surface area contributed by atoms with Crippen LogP contribution in [0.15, 0.2) is 42.6 Å². The number of fused-ring (bicyclic) bond motifs is 1. The molecule has 130 valence electrons. The van der Waals surface area contributed by atoms with Crippen molar-refractivity contribution in [3.8, 4) is 5.75 Å². The first-order chi connectivity index (χ1) is 12.0. The molecule has 3 rings (SSSR count). The van der Waals surface area contributed by atoms with Gasteiger partial charge in [-0.15, -0.1) is 0 Å². The SMILES string of the molecule is COc1ccc(Cl)cc1CN(C)Cn1ncc2cc([N+](=O)[O-])ccc21. The van der Waals surface area contributed by atoms with Gasteiger partial charge in [0.15, 0.2) is 0 Å². The summed E-state index contributed by atoms with van der Waals surface area (Å²) in [6.07, 6.45) is 1.64. The Morgan fingerprint density at radius 3 is 2.84 bits per heavy atom. The van der Waals surface area contributed by atoms with Gasteiger partial charge in [-0.1, -0.05) is 11.6 Å². The molecule has 0 fully saturated rings. The topological polar surface area (TPSA) is 73.4 Å². The summed E-state index contributed by atoms with van der Waals surface area (Å²) in [5.41, 5.74) is 1.88. The molecule has 2 aromatic carbocycles. The molecule has 0 saturated heterocycles. The van der Waals surface area contributed by atoms with Crippen molar-refractivity contribution in [2.45, 2.75) is 13.2 Å². The number of nitrogens with zero attached hydrogens (tertiary/aromatic N) is 4. The minimum absolute atomic E-state index is 0.0593. The Balaban J connectivity index is 1.79. The Hall–Kier alpha value is -2.64. The Bertz CT molecular complexity index is 925. The summed E-state index contributed by atoms with van der Waals surface area (Å²) in [7, 11) is 3.58. The van der Waals surface area contributed by atoms with Gasteiger partial charge in [0.1, 0.15) is 5.75 Å². The molecular formula is C17H17ClN4O3. The zero-order chi connectivity index (χ0) is 18.0. The molecule has 0 radical (unpaired) electrons. The summed E-state index contributed by atoms with van der Waals surface area (Å²) in [4.78, 5) is 12.5. The monoisotopic (exact) mass is 360 g/mol. The standard InChI is InChI=1S/C17H17ClN4O3/c1-20(10-13-7-14(18)3-6-17(13)25-2)11-21-16-5-4-15(22(23)24)8-12(16)9-19-21/h3-9H,10-11H2,1-2H3. The average molecular weight is 361 g/mol. The van der Waals surface area contributed by atoms with Crippen molar-refractivity contribution in [2.24, 2.45) is 0 Å². The zero-order valence-corrected chi connectivity index (χ0v) is 14.6. The van der Waals surface area contributed by atoms with E-state index in [4.69, 9.17) is 16.3 Å². The molecule has 0 amide bonds. The molecule has 0 saturated carbocycles. The molecule has 8 heteroatoms. The number of halogens is 1. The van der Waals surface area contributed by atoms with Crippen molar-refractivity contribution in [3.63, 3.8) is 0 Å². The summed E-state index contributed by atoms with van der Waals surface area (Å²) in [5, 5.41) is 16.6. The van der Waals surface area contributed by atoms with Gasteiger partial charge in [-0.2, -0.15) is 5.10 Å². The van der Waals surface area contributed by atoms with Crippen molar-refractivity contribution >= 4 is 28.2 Å². The second-order valence-electron chi connectivity index (χ2n) is 5.76. The first-order valence-electron chi connectivity index (χ1n) is 7.59. The summed E-state index contributed by atoms with van der Waals surface area (Å²) in [6.45, 7) is 1.15. The summed E-state index contributed by atoms with van der Waals surface area (Å²) in [5.74, 6) is 0.775. The molecule has 0 spiro atoms. The van der Waals surface area contributed by atoms with E-state index >= 15 is 0 Å². The second-order valence-corrected chi connectivity index (χ2v) is 6.19. The number of benzene rings is 2. The molecule has 0 unspecified atom stereocenters. The van der Waals surface area contributed by atoms with Gasteiger partial charge in [0, 0.05) is 34.6 Å². The van der Waals surface area contributed by atoms with Crippen molar-refractivity contribution < 1.29 is 9.66 Å². The van der Waals surface area contributed by atoms with E-state index in [0.717, 1.165) is 22.2 Å². The third-order valence-electron chi connectivity index (χ3n) is 3.89. The highest BCUT2D eigenvalue weighted by Crippen LogP contribution is 2.25. The summed E-state index contributed by atoms with van der Waals surface area (Å²) in [6, 6.07) is 10.2. The minimum Gasteiger partial charge on any atom is -0.496 e. The molecule has 1 heterocycles. The molecule has 0 bridgehead atoms. The van der Waals surface area contributed by atoms with Crippen LogP contribution in [0.3, 0.4) is 0 Å². The zero-order valence-electron chi connectivity index (χ0n) is 13.8. The third-order valence-corrected chi connectivity index (χ3v) is 4.13. The van der Waals surface area contributed by atoms with Crippen LogP contribution in [0.25, 0.3) is 10.9 Å². The van der Waals surface area contributed by atoms with Gasteiger partial charge < -0.3 is 4.74 Å². The van der Waals surface area contributed by atoms with E-state index in [-0.39, 0.29) is 5.69 Å². The lowest BCUT2D eigenvalue weighted by Crippen LogP contribution is -2.22. The van der Waals surface area contributed by atoms with E-state index < -0.39 is 4.92 Å². The fraction of sp³-hybridized carbons (Fsp3) is 0.235. The largest absolute Gasteiger partial charge is 0.496 e. The molecule has 0 aliphatic heterocycles. The van der Waals surface area contributed by atoms with Crippen LogP contribution < -0.4 is 4.74 Å². The molecule has 0 aliphatic carbocycles. The highest BCUT2D eigenvalue weighted by molar-refractivity contribution is 6.30. The lowest BCUT2D eigenvalue weighted by atomic mass is 10.2. The number of hydrogen-bond acceptors (Lipinski definition) is 5. The van der Waals surface area contributed by atoms with Gasteiger partial charge in [-0.05, 0) is 31.3 Å². The van der Waals surface area contributed by atoms with Crippen LogP contribution in [0.1, 0.15) is 5.56 Å². The number of ether oxygens (including phenoxy) is 1.